The van der Waals surface area contributed by atoms with Crippen LogP contribution in [0.3, 0.4) is 0 Å². The van der Waals surface area contributed by atoms with Crippen LogP contribution in [0.15, 0.2) is 18.2 Å². The fourth-order valence-corrected chi connectivity index (χ4v) is 3.02. The molecule has 2 rings (SSSR count). The van der Waals surface area contributed by atoms with Crippen molar-refractivity contribution in [2.24, 2.45) is 0 Å². The molecule has 0 bridgehead atoms. The molecule has 5 heteroatoms. The molecule has 1 aromatic carbocycles. The molecule has 118 valence electrons. The lowest BCUT2D eigenvalue weighted by Crippen LogP contribution is -2.51. The lowest BCUT2D eigenvalue weighted by atomic mass is 9.96. The van der Waals surface area contributed by atoms with E-state index in [-0.39, 0.29) is 11.6 Å². The van der Waals surface area contributed by atoms with Crippen molar-refractivity contribution < 1.29 is 8.78 Å². The molecule has 1 aromatic rings. The Bertz CT molecular complexity index is 447. The van der Waals surface area contributed by atoms with Crippen molar-refractivity contribution >= 4 is 0 Å². The minimum atomic E-state index is -0.465. The van der Waals surface area contributed by atoms with E-state index in [0.29, 0.717) is 19.0 Å². The maximum atomic E-state index is 14.0. The van der Waals surface area contributed by atoms with Gasteiger partial charge >= 0.3 is 0 Å². The molecule has 0 saturated carbocycles. The summed E-state index contributed by atoms with van der Waals surface area (Å²) in [6, 6.07) is 4.08. The summed E-state index contributed by atoms with van der Waals surface area (Å²) in [7, 11) is 4.17. The zero-order valence-electron chi connectivity index (χ0n) is 13.1. The number of rotatable bonds is 5. The highest BCUT2D eigenvalue weighted by molar-refractivity contribution is 5.23. The highest BCUT2D eigenvalue weighted by Crippen LogP contribution is 2.26. The van der Waals surface area contributed by atoms with Crippen LogP contribution in [-0.4, -0.2) is 56.1 Å². The standard InChI is InChI=1S/C16H25F2N3/c1-4-19-15(16-13(17)6-5-7-14(16)18)10-12-11-20(2)8-9-21(12)3/h5-7,12,15,19H,4,8-11H2,1-3H3. The molecule has 0 amide bonds. The monoisotopic (exact) mass is 297 g/mol. The molecule has 1 aliphatic rings. The van der Waals surface area contributed by atoms with E-state index in [4.69, 9.17) is 0 Å². The number of piperazine rings is 1. The maximum absolute atomic E-state index is 14.0. The van der Waals surface area contributed by atoms with Crippen molar-refractivity contribution in [3.05, 3.63) is 35.4 Å². The molecule has 0 radical (unpaired) electrons. The van der Waals surface area contributed by atoms with Crippen LogP contribution in [0.25, 0.3) is 0 Å². The molecule has 2 unspecified atom stereocenters. The lowest BCUT2D eigenvalue weighted by molar-refractivity contribution is 0.100. The van der Waals surface area contributed by atoms with Gasteiger partial charge in [-0.1, -0.05) is 13.0 Å². The lowest BCUT2D eigenvalue weighted by Gasteiger charge is -2.39. The second-order valence-electron chi connectivity index (χ2n) is 5.88. The van der Waals surface area contributed by atoms with Gasteiger partial charge in [0.15, 0.2) is 0 Å². The van der Waals surface area contributed by atoms with Gasteiger partial charge < -0.3 is 15.1 Å². The van der Waals surface area contributed by atoms with Crippen LogP contribution in [0, 0.1) is 11.6 Å². The minimum absolute atomic E-state index is 0.168. The highest BCUT2D eigenvalue weighted by atomic mass is 19.1. The summed E-state index contributed by atoms with van der Waals surface area (Å²) in [5.74, 6) is -0.930. The third kappa shape index (κ3) is 3.99. The molecule has 2 atom stereocenters. The van der Waals surface area contributed by atoms with E-state index < -0.39 is 11.6 Å². The van der Waals surface area contributed by atoms with E-state index in [1.54, 1.807) is 0 Å². The maximum Gasteiger partial charge on any atom is 0.130 e. The fraction of sp³-hybridized carbons (Fsp3) is 0.625. The Labute approximate surface area is 125 Å². The number of nitrogens with one attached hydrogen (secondary N) is 1. The molecule has 1 saturated heterocycles. The number of hydrogen-bond donors (Lipinski definition) is 1. The van der Waals surface area contributed by atoms with E-state index in [1.807, 2.05) is 6.92 Å². The van der Waals surface area contributed by atoms with Crippen molar-refractivity contribution in [2.45, 2.75) is 25.4 Å². The van der Waals surface area contributed by atoms with Crippen LogP contribution in [-0.2, 0) is 0 Å². The Morgan fingerprint density at radius 1 is 1.24 bits per heavy atom. The first-order valence-electron chi connectivity index (χ1n) is 7.59. The van der Waals surface area contributed by atoms with E-state index >= 15 is 0 Å². The number of nitrogens with zero attached hydrogens (tertiary/aromatic N) is 2. The van der Waals surface area contributed by atoms with Crippen LogP contribution >= 0.6 is 0 Å². The first-order chi connectivity index (χ1) is 10.0. The van der Waals surface area contributed by atoms with E-state index in [9.17, 15) is 8.78 Å². The normalized spacial score (nSPS) is 22.4. The molecule has 0 spiro atoms. The van der Waals surface area contributed by atoms with Gasteiger partial charge in [0.05, 0.1) is 0 Å². The quantitative estimate of drug-likeness (QED) is 0.899. The van der Waals surface area contributed by atoms with Gasteiger partial charge in [0.2, 0.25) is 0 Å². The van der Waals surface area contributed by atoms with Crippen molar-refractivity contribution in [1.29, 1.82) is 0 Å². The Hall–Kier alpha value is -1.04. The van der Waals surface area contributed by atoms with Gasteiger partial charge in [0, 0.05) is 37.3 Å². The third-order valence-corrected chi connectivity index (χ3v) is 4.29. The summed E-state index contributed by atoms with van der Waals surface area (Å²) in [5, 5.41) is 3.24. The SMILES string of the molecule is CCNC(CC1CN(C)CCN1C)c1c(F)cccc1F. The molecule has 21 heavy (non-hydrogen) atoms. The number of halogens is 2. The topological polar surface area (TPSA) is 18.5 Å². The molecule has 3 nitrogen and oxygen atoms in total. The second-order valence-corrected chi connectivity index (χ2v) is 5.88. The molecule has 1 heterocycles. The Kier molecular flexibility index (Phi) is 5.67. The van der Waals surface area contributed by atoms with E-state index in [2.05, 4.69) is 29.2 Å². The summed E-state index contributed by atoms with van der Waals surface area (Å²) in [4.78, 5) is 4.55. The Morgan fingerprint density at radius 2 is 1.90 bits per heavy atom. The number of hydrogen-bond acceptors (Lipinski definition) is 3. The van der Waals surface area contributed by atoms with Crippen molar-refractivity contribution in [3.8, 4) is 0 Å². The van der Waals surface area contributed by atoms with Gasteiger partial charge in [0.1, 0.15) is 11.6 Å². The van der Waals surface area contributed by atoms with E-state index in [1.165, 1.54) is 18.2 Å². The number of benzene rings is 1. The molecule has 1 N–H and O–H groups in total. The van der Waals surface area contributed by atoms with Crippen LogP contribution < -0.4 is 5.32 Å². The first kappa shape index (κ1) is 16.3. The van der Waals surface area contributed by atoms with Crippen LogP contribution in [0.1, 0.15) is 24.9 Å². The second kappa shape index (κ2) is 7.29. The zero-order valence-corrected chi connectivity index (χ0v) is 13.1. The molecular formula is C16H25F2N3. The summed E-state index contributed by atoms with van der Waals surface area (Å²) in [6.07, 6.45) is 0.701. The highest BCUT2D eigenvalue weighted by Gasteiger charge is 2.28. The zero-order chi connectivity index (χ0) is 15.4. The Balaban J connectivity index is 2.19. The smallest absolute Gasteiger partial charge is 0.130 e. The third-order valence-electron chi connectivity index (χ3n) is 4.29. The van der Waals surface area contributed by atoms with Gasteiger partial charge in [0.25, 0.3) is 0 Å². The molecule has 1 fully saturated rings. The largest absolute Gasteiger partial charge is 0.310 e. The molecule has 0 aliphatic carbocycles. The van der Waals surface area contributed by atoms with Crippen LogP contribution in [0.4, 0.5) is 8.78 Å². The van der Waals surface area contributed by atoms with Crippen molar-refractivity contribution in [3.63, 3.8) is 0 Å². The predicted octanol–water partition coefficient (Wildman–Crippen LogP) is 2.25. The predicted molar refractivity (Wildman–Crippen MR) is 81.3 cm³/mol. The molecule has 0 aromatic heterocycles. The average molecular weight is 297 g/mol. The van der Waals surface area contributed by atoms with Gasteiger partial charge in [-0.25, -0.2) is 8.78 Å². The minimum Gasteiger partial charge on any atom is -0.310 e. The number of likely N-dealkylation sites (N-methyl/N-ethyl adjacent to an activating group) is 2. The fourth-order valence-electron chi connectivity index (χ4n) is 3.02. The summed E-state index contributed by atoms with van der Waals surface area (Å²) < 4.78 is 28.1. The van der Waals surface area contributed by atoms with Gasteiger partial charge in [-0.2, -0.15) is 0 Å². The van der Waals surface area contributed by atoms with Gasteiger partial charge in [-0.3, -0.25) is 0 Å². The first-order valence-corrected chi connectivity index (χ1v) is 7.59. The van der Waals surface area contributed by atoms with Crippen LogP contribution in [0.5, 0.6) is 0 Å². The summed E-state index contributed by atoms with van der Waals surface area (Å²) >= 11 is 0. The van der Waals surface area contributed by atoms with Gasteiger partial charge in [-0.05, 0) is 39.2 Å². The van der Waals surface area contributed by atoms with E-state index in [0.717, 1.165) is 19.6 Å². The van der Waals surface area contributed by atoms with Crippen LogP contribution in [0.2, 0.25) is 0 Å². The molecule has 1 aliphatic heterocycles. The summed E-state index contributed by atoms with van der Waals surface area (Å²) in [6.45, 7) is 5.59. The average Bonchev–Trinajstić information content (AvgIpc) is 2.43. The Morgan fingerprint density at radius 3 is 2.52 bits per heavy atom. The van der Waals surface area contributed by atoms with Crippen molar-refractivity contribution in [2.75, 3.05) is 40.3 Å². The molecular weight excluding hydrogens is 272 g/mol. The van der Waals surface area contributed by atoms with Gasteiger partial charge in [-0.15, -0.1) is 0 Å². The van der Waals surface area contributed by atoms with Crippen molar-refractivity contribution in [1.82, 2.24) is 15.1 Å². The summed E-state index contributed by atoms with van der Waals surface area (Å²) in [5.41, 5.74) is 0.168.